The van der Waals surface area contributed by atoms with E-state index in [4.69, 9.17) is 16.3 Å². The van der Waals surface area contributed by atoms with E-state index in [2.05, 4.69) is 5.29 Å². The van der Waals surface area contributed by atoms with Crippen molar-refractivity contribution in [3.05, 3.63) is 4.91 Å². The first-order valence-electron chi connectivity index (χ1n) is 8.75. The Morgan fingerprint density at radius 1 is 1.26 bits per heavy atom. The third kappa shape index (κ3) is 4.50. The Morgan fingerprint density at radius 2 is 1.89 bits per heavy atom. The summed E-state index contributed by atoms with van der Waals surface area (Å²) in [5.41, 5.74) is -2.63. The summed E-state index contributed by atoms with van der Waals surface area (Å²) >= 11 is 5.52. The monoisotopic (exact) mass is 413 g/mol. The molecule has 12 heteroatoms. The van der Waals surface area contributed by atoms with Gasteiger partial charge in [0.2, 0.25) is 0 Å². The summed E-state index contributed by atoms with van der Waals surface area (Å²) < 4.78 is 5.33. The maximum absolute atomic E-state index is 12.6. The van der Waals surface area contributed by atoms with Gasteiger partial charge in [-0.05, 0) is 13.3 Å². The number of amides is 2. The molecule has 0 unspecified atom stereocenters. The van der Waals surface area contributed by atoms with E-state index in [-0.39, 0.29) is 25.4 Å². The first-order chi connectivity index (χ1) is 12.7. The maximum atomic E-state index is 12.6. The summed E-state index contributed by atoms with van der Waals surface area (Å²) in [6.07, 6.45) is -4.72. The summed E-state index contributed by atoms with van der Waals surface area (Å²) in [4.78, 5) is 24.1. The van der Waals surface area contributed by atoms with E-state index in [1.807, 2.05) is 6.92 Å². The molecule has 0 aliphatic carbocycles. The Morgan fingerprint density at radius 3 is 2.33 bits per heavy atom. The van der Waals surface area contributed by atoms with Crippen LogP contribution in [0.2, 0.25) is 0 Å². The smallest absolute Gasteiger partial charge is 0.345 e. The molecule has 2 amide bonds. The van der Waals surface area contributed by atoms with Crippen molar-refractivity contribution in [2.45, 2.75) is 62.9 Å². The molecule has 1 saturated heterocycles. The van der Waals surface area contributed by atoms with Crippen molar-refractivity contribution in [2.75, 3.05) is 25.6 Å². The number of ether oxygens (including phenoxy) is 1. The molecule has 1 aliphatic heterocycles. The van der Waals surface area contributed by atoms with E-state index in [0.717, 1.165) is 0 Å². The molecule has 158 valence electrons. The van der Waals surface area contributed by atoms with Crippen LogP contribution in [-0.4, -0.2) is 96.9 Å². The number of nitrogens with zero attached hydrogens (tertiary/aromatic N) is 3. The fourth-order valence-corrected chi connectivity index (χ4v) is 3.31. The number of rotatable bonds is 9. The van der Waals surface area contributed by atoms with E-state index in [9.17, 15) is 35.2 Å². The molecule has 1 heterocycles. The second kappa shape index (κ2) is 9.92. The zero-order valence-electron chi connectivity index (χ0n) is 15.4. The molecule has 0 aromatic carbocycles. The van der Waals surface area contributed by atoms with Crippen molar-refractivity contribution in [3.63, 3.8) is 0 Å². The van der Waals surface area contributed by atoms with Crippen molar-refractivity contribution in [1.82, 2.24) is 9.91 Å². The number of urea groups is 1. The van der Waals surface area contributed by atoms with E-state index < -0.39 is 42.5 Å². The Labute approximate surface area is 162 Å². The fourth-order valence-electron chi connectivity index (χ4n) is 3.15. The lowest BCUT2D eigenvalue weighted by Crippen LogP contribution is -2.78. The Kier molecular flexibility index (Phi) is 8.80. The van der Waals surface area contributed by atoms with Gasteiger partial charge >= 0.3 is 6.03 Å². The fraction of sp³-hybridized carbons (Fsp3) is 0.933. The molecule has 27 heavy (non-hydrogen) atoms. The second-order valence-electron chi connectivity index (χ2n) is 6.33. The van der Waals surface area contributed by atoms with Crippen LogP contribution in [0, 0.1) is 4.91 Å². The highest BCUT2D eigenvalue weighted by atomic mass is 35.5. The van der Waals surface area contributed by atoms with Crippen LogP contribution in [0.1, 0.15) is 33.1 Å². The predicted molar refractivity (Wildman–Crippen MR) is 94.4 cm³/mol. The molecule has 0 spiro atoms. The van der Waals surface area contributed by atoms with Crippen molar-refractivity contribution >= 4 is 17.6 Å². The number of halogens is 1. The van der Waals surface area contributed by atoms with Gasteiger partial charge in [0.1, 0.15) is 18.3 Å². The highest BCUT2D eigenvalue weighted by Gasteiger charge is 2.63. The maximum Gasteiger partial charge on any atom is 0.345 e. The summed E-state index contributed by atoms with van der Waals surface area (Å²) in [6, 6.07) is -1.11. The van der Waals surface area contributed by atoms with Gasteiger partial charge in [-0.3, -0.25) is 4.90 Å². The van der Waals surface area contributed by atoms with E-state index in [1.54, 1.807) is 0 Å². The number of alkyl halides is 1. The number of aliphatic hydroxyl groups is 5. The molecule has 5 atom stereocenters. The standard InChI is InChI=1S/C15H28ClN3O8/c1-3-5-6-14(24)11(21)12(22)15(25,10(9-20)27-14)18(4-2)13(23)19(17-26)8-7-16/h10-12,20-22,24-25H,3-9H2,1-2H3/t10-,11-,12-,14+,15-/m1/s1. The highest BCUT2D eigenvalue weighted by molar-refractivity contribution is 6.18. The molecule has 1 fully saturated rings. The normalized spacial score (nSPS) is 33.6. The summed E-state index contributed by atoms with van der Waals surface area (Å²) in [7, 11) is 0. The minimum atomic E-state index is -2.63. The largest absolute Gasteiger partial charge is 0.393 e. The van der Waals surface area contributed by atoms with Gasteiger partial charge in [-0.15, -0.1) is 16.5 Å². The van der Waals surface area contributed by atoms with Crippen LogP contribution in [0.25, 0.3) is 0 Å². The molecule has 0 saturated carbocycles. The first-order valence-corrected chi connectivity index (χ1v) is 9.29. The second-order valence-corrected chi connectivity index (χ2v) is 6.71. The lowest BCUT2D eigenvalue weighted by molar-refractivity contribution is -0.396. The number of likely N-dealkylation sites (N-methyl/N-ethyl adjacent to an activating group) is 1. The molecule has 1 aliphatic rings. The average molecular weight is 414 g/mol. The Hall–Kier alpha value is -1.08. The number of carbonyl (C=O) groups excluding carboxylic acids is 1. The molecule has 0 bridgehead atoms. The van der Waals surface area contributed by atoms with Crippen LogP contribution < -0.4 is 0 Å². The first kappa shape index (κ1) is 24.0. The molecular weight excluding hydrogens is 386 g/mol. The van der Waals surface area contributed by atoms with Crippen LogP contribution in [0.4, 0.5) is 4.79 Å². The van der Waals surface area contributed by atoms with Crippen molar-refractivity contribution in [2.24, 2.45) is 5.29 Å². The van der Waals surface area contributed by atoms with Crippen molar-refractivity contribution in [3.8, 4) is 0 Å². The van der Waals surface area contributed by atoms with Crippen LogP contribution in [0.15, 0.2) is 5.29 Å². The molecule has 0 radical (unpaired) electrons. The number of nitroso groups, excluding NO2 is 1. The summed E-state index contributed by atoms with van der Waals surface area (Å²) in [5.74, 6) is -2.34. The van der Waals surface area contributed by atoms with Gasteiger partial charge < -0.3 is 30.3 Å². The third-order valence-electron chi connectivity index (χ3n) is 4.67. The zero-order chi connectivity index (χ0) is 20.8. The minimum absolute atomic E-state index is 0.0668. The van der Waals surface area contributed by atoms with E-state index in [0.29, 0.717) is 22.8 Å². The Bertz CT molecular complexity index is 511. The zero-order valence-corrected chi connectivity index (χ0v) is 16.1. The predicted octanol–water partition coefficient (Wildman–Crippen LogP) is -0.669. The number of hydrogen-bond donors (Lipinski definition) is 5. The molecule has 11 nitrogen and oxygen atoms in total. The van der Waals surface area contributed by atoms with Gasteiger partial charge in [-0.1, -0.05) is 13.3 Å². The van der Waals surface area contributed by atoms with Gasteiger partial charge in [0.05, 0.1) is 18.4 Å². The summed E-state index contributed by atoms with van der Waals surface area (Å²) in [6.45, 7) is 1.89. The van der Waals surface area contributed by atoms with Gasteiger partial charge in [-0.25, -0.2) is 4.79 Å². The lowest BCUT2D eigenvalue weighted by Gasteiger charge is -2.55. The molecule has 5 N–H and O–H groups in total. The quantitative estimate of drug-likeness (QED) is 0.144. The number of aliphatic hydroxyl groups excluding tert-OH is 3. The summed E-state index contributed by atoms with van der Waals surface area (Å²) in [5, 5.41) is 55.2. The molecule has 1 rings (SSSR count). The number of hydrogen-bond acceptors (Lipinski definition) is 9. The van der Waals surface area contributed by atoms with Gasteiger partial charge in [0.25, 0.3) is 0 Å². The van der Waals surface area contributed by atoms with Crippen LogP contribution >= 0.6 is 11.6 Å². The van der Waals surface area contributed by atoms with Gasteiger partial charge in [0, 0.05) is 18.8 Å². The van der Waals surface area contributed by atoms with Crippen molar-refractivity contribution in [1.29, 1.82) is 0 Å². The van der Waals surface area contributed by atoms with Crippen LogP contribution in [-0.2, 0) is 4.74 Å². The Balaban J connectivity index is 3.28. The van der Waals surface area contributed by atoms with Gasteiger partial charge in [-0.2, -0.15) is 5.01 Å². The third-order valence-corrected chi connectivity index (χ3v) is 4.84. The molecule has 0 aromatic rings. The number of unbranched alkanes of at least 4 members (excludes halogenated alkanes) is 1. The number of carbonyl (C=O) groups is 1. The lowest BCUT2D eigenvalue weighted by atomic mass is 9.84. The van der Waals surface area contributed by atoms with Crippen molar-refractivity contribution < 1.29 is 35.1 Å². The molecule has 0 aromatic heterocycles. The van der Waals surface area contributed by atoms with Crippen LogP contribution in [0.3, 0.4) is 0 Å². The van der Waals surface area contributed by atoms with Gasteiger partial charge in [0.15, 0.2) is 11.5 Å². The average Bonchev–Trinajstić information content (AvgIpc) is 2.66. The van der Waals surface area contributed by atoms with Crippen LogP contribution in [0.5, 0.6) is 0 Å². The minimum Gasteiger partial charge on any atom is -0.393 e. The molecular formula is C15H28ClN3O8. The highest BCUT2D eigenvalue weighted by Crippen LogP contribution is 2.39. The SMILES string of the molecule is CCCC[C@]1(O)O[C@H](CO)[C@](O)(N(CC)C(=O)N(CCCl)N=O)[C@H](O)[C@H]1O. The topological polar surface area (TPSA) is 163 Å². The van der Waals surface area contributed by atoms with E-state index in [1.165, 1.54) is 6.92 Å². The van der Waals surface area contributed by atoms with E-state index >= 15 is 0 Å².